The van der Waals surface area contributed by atoms with Crippen molar-refractivity contribution in [2.45, 2.75) is 26.7 Å². The van der Waals surface area contributed by atoms with Crippen LogP contribution in [0.2, 0.25) is 0 Å². The summed E-state index contributed by atoms with van der Waals surface area (Å²) in [5.74, 6) is -0.0228. The smallest absolute Gasteiger partial charge is 0.255 e. The number of hydrogen-bond donors (Lipinski definition) is 1. The molecule has 0 aliphatic heterocycles. The van der Waals surface area contributed by atoms with Crippen LogP contribution in [0.4, 0.5) is 0 Å². The van der Waals surface area contributed by atoms with Gasteiger partial charge >= 0.3 is 0 Å². The van der Waals surface area contributed by atoms with Crippen molar-refractivity contribution < 1.29 is 9.53 Å². The quantitative estimate of drug-likeness (QED) is 0.761. The molecule has 2 N–H and O–H groups in total. The molecule has 0 aliphatic carbocycles. The number of ether oxygens (including phenoxy) is 1. The summed E-state index contributed by atoms with van der Waals surface area (Å²) in [6.45, 7) is 6.06. The predicted molar refractivity (Wildman–Crippen MR) is 77.6 cm³/mol. The van der Waals surface area contributed by atoms with Crippen molar-refractivity contribution in [1.82, 2.24) is 15.1 Å². The molecular weight excluding hydrogens is 256 g/mol. The Morgan fingerprint density at radius 1 is 1.40 bits per heavy atom. The molecule has 1 rings (SSSR count). The first-order chi connectivity index (χ1) is 9.63. The van der Waals surface area contributed by atoms with E-state index in [1.165, 1.54) is 0 Å². The molecule has 6 heteroatoms. The van der Waals surface area contributed by atoms with E-state index in [1.54, 1.807) is 18.1 Å². The minimum atomic E-state index is -0.0228. The molecule has 1 amide bonds. The van der Waals surface area contributed by atoms with Gasteiger partial charge in [-0.1, -0.05) is 6.92 Å². The average molecular weight is 280 g/mol. The summed E-state index contributed by atoms with van der Waals surface area (Å²) >= 11 is 0. The van der Waals surface area contributed by atoms with E-state index in [2.05, 4.69) is 10.2 Å². The number of nitrogens with zero attached hydrogens (tertiary/aromatic N) is 3. The highest BCUT2D eigenvalue weighted by atomic mass is 16.5. The van der Waals surface area contributed by atoms with Crippen LogP contribution in [0.15, 0.2) is 6.07 Å². The second-order valence-electron chi connectivity index (χ2n) is 4.63. The fourth-order valence-electron chi connectivity index (χ4n) is 1.93. The third-order valence-corrected chi connectivity index (χ3v) is 3.04. The van der Waals surface area contributed by atoms with E-state index in [-0.39, 0.29) is 5.91 Å². The first-order valence-electron chi connectivity index (χ1n) is 6.95. The van der Waals surface area contributed by atoms with Crippen LogP contribution in [-0.2, 0) is 11.2 Å². The van der Waals surface area contributed by atoms with Gasteiger partial charge in [-0.2, -0.15) is 10.2 Å². The largest absolute Gasteiger partial charge is 0.383 e. The lowest BCUT2D eigenvalue weighted by Crippen LogP contribution is -2.36. The Hall–Kier alpha value is -1.53. The molecule has 0 unspecified atom stereocenters. The molecule has 112 valence electrons. The van der Waals surface area contributed by atoms with Crippen LogP contribution in [0.1, 0.15) is 35.1 Å². The summed E-state index contributed by atoms with van der Waals surface area (Å²) in [5.41, 5.74) is 7.64. The van der Waals surface area contributed by atoms with Crippen molar-refractivity contribution in [1.29, 1.82) is 0 Å². The van der Waals surface area contributed by atoms with Crippen molar-refractivity contribution in [3.05, 3.63) is 23.0 Å². The number of aryl methyl sites for hydroxylation is 2. The van der Waals surface area contributed by atoms with Gasteiger partial charge < -0.3 is 15.4 Å². The molecule has 0 aliphatic rings. The Morgan fingerprint density at radius 3 is 2.75 bits per heavy atom. The SMILES string of the molecule is CCc1nnc(C)cc1C(=O)N(CCCN)CCOC. The fourth-order valence-corrected chi connectivity index (χ4v) is 1.93. The summed E-state index contributed by atoms with van der Waals surface area (Å²) in [5, 5.41) is 8.12. The Bertz CT molecular complexity index is 429. The highest BCUT2D eigenvalue weighted by Crippen LogP contribution is 2.11. The van der Waals surface area contributed by atoms with E-state index >= 15 is 0 Å². The van der Waals surface area contributed by atoms with Crippen molar-refractivity contribution in [3.63, 3.8) is 0 Å². The maximum absolute atomic E-state index is 12.7. The Kier molecular flexibility index (Phi) is 7.11. The molecule has 0 saturated carbocycles. The van der Waals surface area contributed by atoms with E-state index in [1.807, 2.05) is 13.8 Å². The van der Waals surface area contributed by atoms with Crippen LogP contribution in [0.5, 0.6) is 0 Å². The number of aromatic nitrogens is 2. The van der Waals surface area contributed by atoms with Gasteiger partial charge in [-0.15, -0.1) is 0 Å². The molecule has 1 aromatic rings. The number of amides is 1. The topological polar surface area (TPSA) is 81.3 Å². The zero-order chi connectivity index (χ0) is 15.0. The zero-order valence-corrected chi connectivity index (χ0v) is 12.6. The number of hydrogen-bond acceptors (Lipinski definition) is 5. The third kappa shape index (κ3) is 4.54. The number of rotatable bonds is 8. The highest BCUT2D eigenvalue weighted by Gasteiger charge is 2.19. The van der Waals surface area contributed by atoms with Gasteiger partial charge in [-0.3, -0.25) is 4.79 Å². The normalized spacial score (nSPS) is 10.6. The van der Waals surface area contributed by atoms with Gasteiger partial charge in [0.1, 0.15) is 0 Å². The highest BCUT2D eigenvalue weighted by molar-refractivity contribution is 5.95. The minimum Gasteiger partial charge on any atom is -0.383 e. The van der Waals surface area contributed by atoms with Crippen molar-refractivity contribution in [2.24, 2.45) is 5.73 Å². The van der Waals surface area contributed by atoms with Gasteiger partial charge in [0, 0.05) is 20.2 Å². The van der Waals surface area contributed by atoms with Crippen LogP contribution in [0, 0.1) is 6.92 Å². The van der Waals surface area contributed by atoms with E-state index in [0.717, 1.165) is 17.8 Å². The number of carbonyl (C=O) groups is 1. The summed E-state index contributed by atoms with van der Waals surface area (Å²) in [7, 11) is 1.63. The number of nitrogens with two attached hydrogens (primary N) is 1. The van der Waals surface area contributed by atoms with Gasteiger partial charge in [0.2, 0.25) is 0 Å². The third-order valence-electron chi connectivity index (χ3n) is 3.04. The van der Waals surface area contributed by atoms with Gasteiger partial charge in [-0.05, 0) is 32.4 Å². The Morgan fingerprint density at radius 2 is 2.15 bits per heavy atom. The van der Waals surface area contributed by atoms with Gasteiger partial charge in [0.15, 0.2) is 0 Å². The summed E-state index contributed by atoms with van der Waals surface area (Å²) in [4.78, 5) is 14.4. The van der Waals surface area contributed by atoms with Crippen molar-refractivity contribution >= 4 is 5.91 Å². The van der Waals surface area contributed by atoms with Gasteiger partial charge in [0.05, 0.1) is 23.6 Å². The van der Waals surface area contributed by atoms with E-state index in [0.29, 0.717) is 38.2 Å². The lowest BCUT2D eigenvalue weighted by atomic mass is 10.1. The van der Waals surface area contributed by atoms with E-state index in [4.69, 9.17) is 10.5 Å². The lowest BCUT2D eigenvalue weighted by Gasteiger charge is -2.23. The van der Waals surface area contributed by atoms with Crippen LogP contribution < -0.4 is 5.73 Å². The second kappa shape index (κ2) is 8.60. The van der Waals surface area contributed by atoms with Crippen molar-refractivity contribution in [3.8, 4) is 0 Å². The van der Waals surface area contributed by atoms with Crippen LogP contribution >= 0.6 is 0 Å². The molecule has 1 heterocycles. The molecule has 20 heavy (non-hydrogen) atoms. The molecule has 0 spiro atoms. The average Bonchev–Trinajstić information content (AvgIpc) is 2.46. The molecule has 6 nitrogen and oxygen atoms in total. The van der Waals surface area contributed by atoms with E-state index in [9.17, 15) is 4.79 Å². The van der Waals surface area contributed by atoms with Gasteiger partial charge in [-0.25, -0.2) is 0 Å². The fraction of sp³-hybridized carbons (Fsp3) is 0.643. The molecule has 1 aromatic heterocycles. The minimum absolute atomic E-state index is 0.0228. The van der Waals surface area contributed by atoms with E-state index < -0.39 is 0 Å². The summed E-state index contributed by atoms with van der Waals surface area (Å²) < 4.78 is 5.07. The molecular formula is C14H24N4O2. The lowest BCUT2D eigenvalue weighted by molar-refractivity contribution is 0.0692. The molecule has 0 aromatic carbocycles. The molecule has 0 fully saturated rings. The zero-order valence-electron chi connectivity index (χ0n) is 12.6. The second-order valence-corrected chi connectivity index (χ2v) is 4.63. The molecule has 0 bridgehead atoms. The number of carbonyl (C=O) groups excluding carboxylic acids is 1. The Balaban J connectivity index is 2.94. The van der Waals surface area contributed by atoms with Crippen molar-refractivity contribution in [2.75, 3.05) is 33.4 Å². The molecule has 0 radical (unpaired) electrons. The Labute approximate surface area is 120 Å². The maximum Gasteiger partial charge on any atom is 0.255 e. The van der Waals surface area contributed by atoms with Crippen LogP contribution in [0.3, 0.4) is 0 Å². The predicted octanol–water partition coefficient (Wildman–Crippen LogP) is 0.785. The summed E-state index contributed by atoms with van der Waals surface area (Å²) in [6.07, 6.45) is 1.46. The number of methoxy groups -OCH3 is 1. The molecule has 0 saturated heterocycles. The molecule has 0 atom stereocenters. The standard InChI is InChI=1S/C14H24N4O2/c1-4-13-12(10-11(2)16-17-13)14(19)18(7-5-6-15)8-9-20-3/h10H,4-9,15H2,1-3H3. The van der Waals surface area contributed by atoms with Crippen LogP contribution in [-0.4, -0.2) is 54.4 Å². The maximum atomic E-state index is 12.7. The monoisotopic (exact) mass is 280 g/mol. The summed E-state index contributed by atoms with van der Waals surface area (Å²) in [6, 6.07) is 1.80. The van der Waals surface area contributed by atoms with Crippen LogP contribution in [0.25, 0.3) is 0 Å². The first-order valence-corrected chi connectivity index (χ1v) is 6.95. The first kappa shape index (κ1) is 16.5. The van der Waals surface area contributed by atoms with Gasteiger partial charge in [0.25, 0.3) is 5.91 Å².